The summed E-state index contributed by atoms with van der Waals surface area (Å²) in [6.07, 6.45) is 0.136. The Morgan fingerprint density at radius 2 is 2.03 bits per heavy atom. The second-order valence-electron chi connectivity index (χ2n) is 6.30. The van der Waals surface area contributed by atoms with Crippen LogP contribution < -0.4 is 11.1 Å². The molecule has 0 fully saturated rings. The van der Waals surface area contributed by atoms with Gasteiger partial charge in [-0.3, -0.25) is 9.79 Å². The molecule has 0 radical (unpaired) electrons. The maximum Gasteiger partial charge on any atom is 0.434 e. The van der Waals surface area contributed by atoms with E-state index in [2.05, 4.69) is 25.3 Å². The van der Waals surface area contributed by atoms with E-state index >= 15 is 0 Å². The highest BCUT2D eigenvalue weighted by molar-refractivity contribution is 6.02. The molecule has 1 amide bonds. The monoisotopic (exact) mass is 401 g/mol. The number of anilines is 1. The Morgan fingerprint density at radius 3 is 2.76 bits per heavy atom. The molecule has 3 heterocycles. The first kappa shape index (κ1) is 18.6. The van der Waals surface area contributed by atoms with E-state index in [4.69, 9.17) is 5.73 Å². The van der Waals surface area contributed by atoms with Gasteiger partial charge in [0.15, 0.2) is 17.4 Å². The Hall–Kier alpha value is -3.76. The number of fused-ring (bicyclic) bond motifs is 1. The molecule has 0 aliphatic carbocycles. The van der Waals surface area contributed by atoms with Gasteiger partial charge in [0, 0.05) is 18.1 Å². The highest BCUT2D eigenvalue weighted by Gasteiger charge is 2.33. The number of halogens is 3. The summed E-state index contributed by atoms with van der Waals surface area (Å²) in [6.45, 7) is 0.539. The second kappa shape index (κ2) is 7.00. The molecule has 0 bridgehead atoms. The van der Waals surface area contributed by atoms with Crippen LogP contribution >= 0.6 is 0 Å². The number of imidazole rings is 1. The van der Waals surface area contributed by atoms with Gasteiger partial charge in [0.2, 0.25) is 0 Å². The van der Waals surface area contributed by atoms with E-state index < -0.39 is 17.8 Å². The summed E-state index contributed by atoms with van der Waals surface area (Å²) in [5, 5.41) is 2.60. The summed E-state index contributed by atoms with van der Waals surface area (Å²) in [5.74, 6) is 0.249. The number of amides is 1. The number of nitrogens with two attached hydrogens (primary N) is 1. The molecule has 148 valence electrons. The van der Waals surface area contributed by atoms with Gasteiger partial charge in [0.25, 0.3) is 5.91 Å². The number of hydrogen-bond acceptors (Lipinski definition) is 6. The number of aromatic nitrogens is 4. The molecule has 1 atom stereocenters. The molecule has 3 aromatic rings. The summed E-state index contributed by atoms with van der Waals surface area (Å²) in [5.41, 5.74) is 5.82. The third-order valence-electron chi connectivity index (χ3n) is 4.31. The summed E-state index contributed by atoms with van der Waals surface area (Å²) >= 11 is 0. The quantitative estimate of drug-likeness (QED) is 0.700. The molecule has 1 unspecified atom stereocenters. The second-order valence-corrected chi connectivity index (χ2v) is 6.30. The molecule has 3 N–H and O–H groups in total. The van der Waals surface area contributed by atoms with Crippen LogP contribution in [-0.4, -0.2) is 31.3 Å². The van der Waals surface area contributed by atoms with Crippen LogP contribution in [0.4, 0.5) is 18.9 Å². The number of rotatable bonds is 3. The number of carbonyl (C=O) groups excluding carboxylic acids is 1. The third kappa shape index (κ3) is 3.79. The highest BCUT2D eigenvalue weighted by Crippen LogP contribution is 2.27. The molecular formula is C18H14F3N7O. The summed E-state index contributed by atoms with van der Waals surface area (Å²) in [6, 6.07) is 6.69. The van der Waals surface area contributed by atoms with Crippen molar-refractivity contribution in [3.8, 4) is 0 Å². The number of amidine groups is 1. The van der Waals surface area contributed by atoms with E-state index in [1.54, 1.807) is 30.6 Å². The predicted octanol–water partition coefficient (Wildman–Crippen LogP) is 2.40. The van der Waals surface area contributed by atoms with E-state index in [0.29, 0.717) is 30.1 Å². The first-order valence-electron chi connectivity index (χ1n) is 8.46. The van der Waals surface area contributed by atoms with Crippen molar-refractivity contribution in [1.29, 1.82) is 0 Å². The normalized spacial score (nSPS) is 16.1. The van der Waals surface area contributed by atoms with Crippen molar-refractivity contribution in [3.63, 3.8) is 0 Å². The summed E-state index contributed by atoms with van der Waals surface area (Å²) in [7, 11) is 0. The van der Waals surface area contributed by atoms with Gasteiger partial charge >= 0.3 is 6.18 Å². The van der Waals surface area contributed by atoms with Crippen LogP contribution in [0.2, 0.25) is 0 Å². The number of alkyl halides is 3. The lowest BCUT2D eigenvalue weighted by atomic mass is 10.1. The number of hydrogen-bond donors (Lipinski definition) is 2. The molecule has 0 saturated heterocycles. The number of nitrogens with one attached hydrogen (secondary N) is 1. The fourth-order valence-electron chi connectivity index (χ4n) is 2.93. The summed E-state index contributed by atoms with van der Waals surface area (Å²) in [4.78, 5) is 27.7. The molecule has 1 aliphatic heterocycles. The van der Waals surface area contributed by atoms with Crippen LogP contribution in [0.25, 0.3) is 0 Å². The van der Waals surface area contributed by atoms with Gasteiger partial charge in [-0.15, -0.1) is 0 Å². The molecular weight excluding hydrogens is 387 g/mol. The van der Waals surface area contributed by atoms with Crippen molar-refractivity contribution >= 4 is 17.4 Å². The van der Waals surface area contributed by atoms with Gasteiger partial charge in [-0.25, -0.2) is 15.0 Å². The van der Waals surface area contributed by atoms with Crippen molar-refractivity contribution in [3.05, 3.63) is 71.8 Å². The van der Waals surface area contributed by atoms with Crippen LogP contribution in [0.3, 0.4) is 0 Å². The Kier molecular flexibility index (Phi) is 4.49. The van der Waals surface area contributed by atoms with E-state index in [1.165, 1.54) is 0 Å². The average molecular weight is 401 g/mol. The van der Waals surface area contributed by atoms with Crippen LogP contribution in [0, 0.1) is 0 Å². The van der Waals surface area contributed by atoms with Gasteiger partial charge in [-0.1, -0.05) is 12.1 Å². The Morgan fingerprint density at radius 1 is 1.21 bits per heavy atom. The number of nitrogens with zero attached hydrogens (tertiary/aromatic N) is 5. The van der Waals surface area contributed by atoms with Crippen molar-refractivity contribution in [1.82, 2.24) is 19.5 Å². The maximum atomic E-state index is 12.6. The van der Waals surface area contributed by atoms with Crippen molar-refractivity contribution in [2.24, 2.45) is 10.7 Å². The van der Waals surface area contributed by atoms with Crippen LogP contribution in [0.5, 0.6) is 0 Å². The molecule has 2 aromatic heterocycles. The standard InChI is InChI=1S/C18H14F3N7O/c19-18(20,21)14-8-24-12(7-25-14)17(29)26-11-3-1-2-10(6-11)13-9-28-5-4-23-16(28)15(22)27-13/h1-8,13H,9H2,(H2,22,27)(H,26,29). The lowest BCUT2D eigenvalue weighted by Crippen LogP contribution is -2.27. The van der Waals surface area contributed by atoms with Gasteiger partial charge in [0.1, 0.15) is 5.69 Å². The zero-order valence-corrected chi connectivity index (χ0v) is 14.8. The topological polar surface area (TPSA) is 111 Å². The van der Waals surface area contributed by atoms with Crippen molar-refractivity contribution in [2.75, 3.05) is 5.32 Å². The molecule has 0 spiro atoms. The van der Waals surface area contributed by atoms with Gasteiger partial charge < -0.3 is 15.6 Å². The third-order valence-corrected chi connectivity index (χ3v) is 4.31. The summed E-state index contributed by atoms with van der Waals surface area (Å²) < 4.78 is 39.6. The zero-order valence-electron chi connectivity index (χ0n) is 14.8. The first-order chi connectivity index (χ1) is 13.8. The van der Waals surface area contributed by atoms with E-state index in [9.17, 15) is 18.0 Å². The van der Waals surface area contributed by atoms with E-state index in [-0.39, 0.29) is 11.7 Å². The Balaban J connectivity index is 1.51. The highest BCUT2D eigenvalue weighted by atomic mass is 19.4. The number of carbonyl (C=O) groups is 1. The van der Waals surface area contributed by atoms with Gasteiger partial charge in [0.05, 0.1) is 25.0 Å². The van der Waals surface area contributed by atoms with Crippen LogP contribution in [0.15, 0.2) is 54.0 Å². The smallest absolute Gasteiger partial charge is 0.381 e. The van der Waals surface area contributed by atoms with E-state index in [0.717, 1.165) is 11.8 Å². The zero-order chi connectivity index (χ0) is 20.6. The predicted molar refractivity (Wildman–Crippen MR) is 97.1 cm³/mol. The van der Waals surface area contributed by atoms with Gasteiger partial charge in [-0.2, -0.15) is 13.2 Å². The Labute approximate surface area is 162 Å². The number of aliphatic imine (C=N–C) groups is 1. The minimum Gasteiger partial charge on any atom is -0.381 e. The lowest BCUT2D eigenvalue weighted by molar-refractivity contribution is -0.141. The van der Waals surface area contributed by atoms with Crippen molar-refractivity contribution in [2.45, 2.75) is 18.8 Å². The average Bonchev–Trinajstić information content (AvgIpc) is 3.17. The fraction of sp³-hybridized carbons (Fsp3) is 0.167. The molecule has 8 nitrogen and oxygen atoms in total. The SMILES string of the molecule is NC1=NC(c2cccc(NC(=O)c3cnc(C(F)(F)F)cn3)c2)Cn2ccnc21. The molecule has 11 heteroatoms. The van der Waals surface area contributed by atoms with Gasteiger partial charge in [-0.05, 0) is 17.7 Å². The van der Waals surface area contributed by atoms with Crippen LogP contribution in [-0.2, 0) is 12.7 Å². The minimum absolute atomic E-state index is 0.230. The fourth-order valence-corrected chi connectivity index (χ4v) is 2.93. The lowest BCUT2D eigenvalue weighted by Gasteiger charge is -2.21. The molecule has 1 aliphatic rings. The molecule has 29 heavy (non-hydrogen) atoms. The largest absolute Gasteiger partial charge is 0.434 e. The number of benzene rings is 1. The molecule has 1 aromatic carbocycles. The maximum absolute atomic E-state index is 12.6. The molecule has 4 rings (SSSR count). The minimum atomic E-state index is -4.62. The van der Waals surface area contributed by atoms with E-state index in [1.807, 2.05) is 10.6 Å². The first-order valence-corrected chi connectivity index (χ1v) is 8.46. The molecule has 0 saturated carbocycles. The van der Waals surface area contributed by atoms with Crippen molar-refractivity contribution < 1.29 is 18.0 Å². The Bertz CT molecular complexity index is 1090. The van der Waals surface area contributed by atoms with Crippen LogP contribution in [0.1, 0.15) is 33.6 Å².